The highest BCUT2D eigenvalue weighted by Gasteiger charge is 2.35. The molecule has 1 aromatic heterocycles. The maximum Gasteiger partial charge on any atom is 0.273 e. The minimum Gasteiger partial charge on any atom is -0.340 e. The lowest BCUT2D eigenvalue weighted by atomic mass is 9.93. The van der Waals surface area contributed by atoms with Gasteiger partial charge in [-0.05, 0) is 32.6 Å². The van der Waals surface area contributed by atoms with Crippen LogP contribution in [-0.4, -0.2) is 56.8 Å². The smallest absolute Gasteiger partial charge is 0.273 e. The van der Waals surface area contributed by atoms with Gasteiger partial charge in [0.1, 0.15) is 11.9 Å². The van der Waals surface area contributed by atoms with Crippen LogP contribution in [0.25, 0.3) is 0 Å². The predicted molar refractivity (Wildman–Crippen MR) is 95.8 cm³/mol. The first-order chi connectivity index (χ1) is 12.5. The van der Waals surface area contributed by atoms with Crippen LogP contribution in [0.3, 0.4) is 0 Å². The van der Waals surface area contributed by atoms with Gasteiger partial charge in [0.2, 0.25) is 11.8 Å². The van der Waals surface area contributed by atoms with Crippen molar-refractivity contribution in [2.75, 3.05) is 19.6 Å². The van der Waals surface area contributed by atoms with Gasteiger partial charge in [-0.1, -0.05) is 0 Å². The lowest BCUT2D eigenvalue weighted by Crippen LogP contribution is -2.50. The van der Waals surface area contributed by atoms with Crippen LogP contribution in [-0.2, 0) is 22.6 Å². The second kappa shape index (κ2) is 6.85. The number of piperidine rings is 1. The van der Waals surface area contributed by atoms with E-state index in [4.69, 9.17) is 0 Å². The molecule has 4 rings (SSSR count). The number of fused-ring (bicyclic) bond motifs is 1. The number of carbonyl (C=O) groups is 2. The first-order valence-electron chi connectivity index (χ1n) is 9.73. The average Bonchev–Trinajstić information content (AvgIpc) is 3.28. The Kier molecular flexibility index (Phi) is 4.54. The minimum atomic E-state index is -0.394. The summed E-state index contributed by atoms with van der Waals surface area (Å²) in [7, 11) is 0. The van der Waals surface area contributed by atoms with Crippen LogP contribution in [0.15, 0.2) is 10.9 Å². The summed E-state index contributed by atoms with van der Waals surface area (Å²) in [5, 5.41) is 0. The van der Waals surface area contributed by atoms with Crippen molar-refractivity contribution in [3.05, 3.63) is 27.9 Å². The van der Waals surface area contributed by atoms with Crippen LogP contribution in [0.2, 0.25) is 0 Å². The zero-order valence-corrected chi connectivity index (χ0v) is 15.3. The summed E-state index contributed by atoms with van der Waals surface area (Å²) in [6.07, 6.45) is 5.16. The van der Waals surface area contributed by atoms with Gasteiger partial charge in [0.15, 0.2) is 0 Å². The Hall–Kier alpha value is -2.18. The number of likely N-dealkylation sites (tertiary alicyclic amines) is 2. The molecule has 0 unspecified atom stereocenters. The van der Waals surface area contributed by atoms with Gasteiger partial charge < -0.3 is 14.4 Å². The Labute approximate surface area is 153 Å². The second-order valence-electron chi connectivity index (χ2n) is 7.68. The number of hydrogen-bond donors (Lipinski definition) is 0. The van der Waals surface area contributed by atoms with Gasteiger partial charge in [0, 0.05) is 56.7 Å². The standard InChI is InChI=1S/C19H26N4O3/c1-13(22-9-4-7-18(22)25)19(26)21-8-2-5-14(12-21)15-11-17(24)20-16-6-3-10-23(15)16/h11,13-14H,2-10,12H2,1H3/t13-,14-/m0/s1. The number of hydrogen-bond acceptors (Lipinski definition) is 4. The summed E-state index contributed by atoms with van der Waals surface area (Å²) in [5.74, 6) is 1.16. The van der Waals surface area contributed by atoms with Crippen LogP contribution in [0, 0.1) is 0 Å². The quantitative estimate of drug-likeness (QED) is 0.805. The van der Waals surface area contributed by atoms with Crippen molar-refractivity contribution >= 4 is 11.8 Å². The Morgan fingerprint density at radius 2 is 1.96 bits per heavy atom. The number of aryl methyl sites for hydroxylation is 1. The van der Waals surface area contributed by atoms with Gasteiger partial charge >= 0.3 is 0 Å². The van der Waals surface area contributed by atoms with E-state index >= 15 is 0 Å². The average molecular weight is 358 g/mol. The van der Waals surface area contributed by atoms with E-state index in [9.17, 15) is 14.4 Å². The molecule has 0 saturated carbocycles. The highest BCUT2D eigenvalue weighted by molar-refractivity contribution is 5.88. The molecule has 2 fully saturated rings. The van der Waals surface area contributed by atoms with E-state index in [0.717, 1.165) is 56.7 Å². The van der Waals surface area contributed by atoms with E-state index in [1.165, 1.54) is 0 Å². The molecular formula is C19H26N4O3. The fourth-order valence-corrected chi connectivity index (χ4v) is 4.65. The maximum absolute atomic E-state index is 13.0. The summed E-state index contributed by atoms with van der Waals surface area (Å²) < 4.78 is 2.17. The molecule has 3 aliphatic rings. The van der Waals surface area contributed by atoms with E-state index in [0.29, 0.717) is 19.5 Å². The monoisotopic (exact) mass is 358 g/mol. The van der Waals surface area contributed by atoms with E-state index < -0.39 is 6.04 Å². The van der Waals surface area contributed by atoms with Crippen LogP contribution in [0.1, 0.15) is 56.5 Å². The van der Waals surface area contributed by atoms with Gasteiger partial charge in [0.25, 0.3) is 5.56 Å². The Morgan fingerprint density at radius 3 is 2.73 bits per heavy atom. The highest BCUT2D eigenvalue weighted by atomic mass is 16.2. The fraction of sp³-hybridized carbons (Fsp3) is 0.684. The molecule has 0 spiro atoms. The summed E-state index contributed by atoms with van der Waals surface area (Å²) in [6, 6.07) is 1.26. The van der Waals surface area contributed by atoms with Crippen molar-refractivity contribution in [2.24, 2.45) is 0 Å². The predicted octanol–water partition coefficient (Wildman–Crippen LogP) is 0.906. The highest BCUT2D eigenvalue weighted by Crippen LogP contribution is 2.29. The summed E-state index contributed by atoms with van der Waals surface area (Å²) >= 11 is 0. The van der Waals surface area contributed by atoms with Crippen molar-refractivity contribution in [2.45, 2.75) is 64.0 Å². The lowest BCUT2D eigenvalue weighted by Gasteiger charge is -2.37. The van der Waals surface area contributed by atoms with Crippen LogP contribution in [0.5, 0.6) is 0 Å². The van der Waals surface area contributed by atoms with Crippen LogP contribution >= 0.6 is 0 Å². The summed E-state index contributed by atoms with van der Waals surface area (Å²) in [6.45, 7) is 4.76. The van der Waals surface area contributed by atoms with Crippen molar-refractivity contribution in [1.82, 2.24) is 19.4 Å². The molecule has 7 nitrogen and oxygen atoms in total. The Balaban J connectivity index is 1.52. The molecule has 0 aromatic carbocycles. The Morgan fingerprint density at radius 1 is 1.15 bits per heavy atom. The third-order valence-corrected chi connectivity index (χ3v) is 6.00. The topological polar surface area (TPSA) is 75.5 Å². The first-order valence-corrected chi connectivity index (χ1v) is 9.73. The van der Waals surface area contributed by atoms with Gasteiger partial charge in [-0.2, -0.15) is 4.98 Å². The molecule has 7 heteroatoms. The van der Waals surface area contributed by atoms with Crippen molar-refractivity contribution in [1.29, 1.82) is 0 Å². The van der Waals surface area contributed by atoms with Crippen LogP contribution in [0.4, 0.5) is 0 Å². The molecule has 2 saturated heterocycles. The maximum atomic E-state index is 13.0. The van der Waals surface area contributed by atoms with Crippen molar-refractivity contribution in [3.8, 4) is 0 Å². The molecule has 2 amide bonds. The number of aromatic nitrogens is 2. The number of nitrogens with zero attached hydrogens (tertiary/aromatic N) is 4. The molecule has 0 bridgehead atoms. The molecular weight excluding hydrogens is 332 g/mol. The van der Waals surface area contributed by atoms with Gasteiger partial charge in [0.05, 0.1) is 0 Å². The first kappa shape index (κ1) is 17.2. The van der Waals surface area contributed by atoms with Crippen LogP contribution < -0.4 is 5.56 Å². The minimum absolute atomic E-state index is 0.0306. The SMILES string of the molecule is C[C@@H](C(=O)N1CCC[C@H](c2cc(=O)nc3n2CCC3)C1)N1CCCC1=O. The number of amides is 2. The molecule has 4 heterocycles. The van der Waals surface area contributed by atoms with E-state index in [1.807, 2.05) is 11.8 Å². The summed E-state index contributed by atoms with van der Waals surface area (Å²) in [5.41, 5.74) is 0.854. The zero-order chi connectivity index (χ0) is 18.3. The number of rotatable bonds is 3. The molecule has 26 heavy (non-hydrogen) atoms. The van der Waals surface area contributed by atoms with Crippen molar-refractivity contribution in [3.63, 3.8) is 0 Å². The lowest BCUT2D eigenvalue weighted by molar-refractivity contribution is -0.143. The van der Waals surface area contributed by atoms with Gasteiger partial charge in [-0.25, -0.2) is 0 Å². The van der Waals surface area contributed by atoms with E-state index in [-0.39, 0.29) is 23.3 Å². The second-order valence-corrected chi connectivity index (χ2v) is 7.68. The van der Waals surface area contributed by atoms with Gasteiger partial charge in [-0.15, -0.1) is 0 Å². The normalized spacial score (nSPS) is 24.0. The third kappa shape index (κ3) is 3.04. The zero-order valence-electron chi connectivity index (χ0n) is 15.3. The molecule has 1 aromatic rings. The molecule has 2 atom stereocenters. The van der Waals surface area contributed by atoms with E-state index in [2.05, 4.69) is 9.55 Å². The fourth-order valence-electron chi connectivity index (χ4n) is 4.65. The summed E-state index contributed by atoms with van der Waals surface area (Å²) in [4.78, 5) is 44.6. The molecule has 0 aliphatic carbocycles. The van der Waals surface area contributed by atoms with Gasteiger partial charge in [-0.3, -0.25) is 14.4 Å². The molecule has 3 aliphatic heterocycles. The van der Waals surface area contributed by atoms with E-state index in [1.54, 1.807) is 11.0 Å². The molecule has 0 N–H and O–H groups in total. The third-order valence-electron chi connectivity index (χ3n) is 6.00. The Bertz CT molecular complexity index is 787. The molecule has 0 radical (unpaired) electrons. The van der Waals surface area contributed by atoms with Crippen molar-refractivity contribution < 1.29 is 9.59 Å². The number of carbonyl (C=O) groups excluding carboxylic acids is 2. The largest absolute Gasteiger partial charge is 0.340 e. The molecule has 140 valence electrons.